The van der Waals surface area contributed by atoms with Crippen molar-refractivity contribution in [1.82, 2.24) is 10.2 Å². The van der Waals surface area contributed by atoms with E-state index in [1.54, 1.807) is 0 Å². The summed E-state index contributed by atoms with van der Waals surface area (Å²) >= 11 is 0. The standard InChI is InChI=1S/C20H32N2O/c1-17-11-13-18(14-12-17)20(23)21-15-7-4-8-16-22(2)19-9-5-3-6-10-19/h11-14,19H,3-10,15-16H2,1-2H3,(H,21,23). The molecule has 0 bridgehead atoms. The Kier molecular flexibility index (Phi) is 7.60. The third kappa shape index (κ3) is 6.34. The van der Waals surface area contributed by atoms with Crippen LogP contribution in [0.5, 0.6) is 0 Å². The van der Waals surface area contributed by atoms with Gasteiger partial charge in [-0.25, -0.2) is 0 Å². The quantitative estimate of drug-likeness (QED) is 0.730. The molecule has 0 unspecified atom stereocenters. The second-order valence-corrected chi connectivity index (χ2v) is 6.96. The van der Waals surface area contributed by atoms with Gasteiger partial charge in [-0.05, 0) is 58.3 Å². The number of hydrogen-bond donors (Lipinski definition) is 1. The number of nitrogens with one attached hydrogen (secondary N) is 1. The molecule has 1 saturated carbocycles. The SMILES string of the molecule is Cc1ccc(C(=O)NCCCCCN(C)C2CCCCC2)cc1. The number of aryl methyl sites for hydroxylation is 1. The molecule has 1 amide bonds. The maximum Gasteiger partial charge on any atom is 0.251 e. The minimum Gasteiger partial charge on any atom is -0.352 e. The van der Waals surface area contributed by atoms with Crippen molar-refractivity contribution in [2.75, 3.05) is 20.1 Å². The zero-order chi connectivity index (χ0) is 16.5. The normalized spacial score (nSPS) is 15.8. The van der Waals surface area contributed by atoms with E-state index in [0.717, 1.165) is 24.6 Å². The van der Waals surface area contributed by atoms with Gasteiger partial charge in [0.05, 0.1) is 0 Å². The van der Waals surface area contributed by atoms with Gasteiger partial charge in [0.15, 0.2) is 0 Å². The lowest BCUT2D eigenvalue weighted by molar-refractivity contribution is 0.0952. The Morgan fingerprint density at radius 1 is 1.09 bits per heavy atom. The summed E-state index contributed by atoms with van der Waals surface area (Å²) in [5.74, 6) is 0.0457. The summed E-state index contributed by atoms with van der Waals surface area (Å²) < 4.78 is 0. The van der Waals surface area contributed by atoms with Crippen molar-refractivity contribution in [2.24, 2.45) is 0 Å². The van der Waals surface area contributed by atoms with Crippen molar-refractivity contribution in [3.05, 3.63) is 35.4 Å². The molecule has 0 saturated heterocycles. The lowest BCUT2D eigenvalue weighted by atomic mass is 9.94. The smallest absolute Gasteiger partial charge is 0.251 e. The molecule has 2 rings (SSSR count). The first kappa shape index (κ1) is 18.0. The molecule has 1 N–H and O–H groups in total. The number of unbranched alkanes of at least 4 members (excludes halogenated alkanes) is 2. The van der Waals surface area contributed by atoms with E-state index >= 15 is 0 Å². The van der Waals surface area contributed by atoms with Crippen LogP contribution in [0.4, 0.5) is 0 Å². The Hall–Kier alpha value is -1.35. The molecule has 0 aromatic heterocycles. The largest absolute Gasteiger partial charge is 0.352 e. The monoisotopic (exact) mass is 316 g/mol. The lowest BCUT2D eigenvalue weighted by Crippen LogP contribution is -2.34. The van der Waals surface area contributed by atoms with E-state index in [2.05, 4.69) is 17.3 Å². The molecule has 0 spiro atoms. The minimum atomic E-state index is 0.0457. The third-order valence-corrected chi connectivity index (χ3v) is 4.98. The maximum absolute atomic E-state index is 12.0. The van der Waals surface area contributed by atoms with E-state index in [-0.39, 0.29) is 5.91 Å². The van der Waals surface area contributed by atoms with E-state index < -0.39 is 0 Å². The number of carbonyl (C=O) groups is 1. The van der Waals surface area contributed by atoms with Crippen molar-refractivity contribution in [2.45, 2.75) is 64.3 Å². The molecule has 0 heterocycles. The van der Waals surface area contributed by atoms with Gasteiger partial charge in [-0.15, -0.1) is 0 Å². The molecule has 0 atom stereocenters. The molecule has 1 fully saturated rings. The van der Waals surface area contributed by atoms with Crippen molar-refractivity contribution in [3.8, 4) is 0 Å². The number of benzene rings is 1. The van der Waals surface area contributed by atoms with Gasteiger partial charge in [0, 0.05) is 18.2 Å². The van der Waals surface area contributed by atoms with Gasteiger partial charge >= 0.3 is 0 Å². The number of hydrogen-bond acceptors (Lipinski definition) is 2. The first-order valence-corrected chi connectivity index (χ1v) is 9.22. The predicted octanol–water partition coefficient (Wildman–Crippen LogP) is 4.16. The van der Waals surface area contributed by atoms with Gasteiger partial charge in [-0.3, -0.25) is 4.79 Å². The number of nitrogens with zero attached hydrogens (tertiary/aromatic N) is 1. The Morgan fingerprint density at radius 3 is 2.48 bits per heavy atom. The zero-order valence-corrected chi connectivity index (χ0v) is 14.8. The molecule has 1 aromatic carbocycles. The van der Waals surface area contributed by atoms with Crippen LogP contribution in [-0.2, 0) is 0 Å². The van der Waals surface area contributed by atoms with Crippen LogP contribution in [0.15, 0.2) is 24.3 Å². The predicted molar refractivity (Wildman–Crippen MR) is 96.9 cm³/mol. The zero-order valence-electron chi connectivity index (χ0n) is 14.8. The van der Waals surface area contributed by atoms with E-state index in [0.29, 0.717) is 0 Å². The Balaban J connectivity index is 1.53. The highest BCUT2D eigenvalue weighted by atomic mass is 16.1. The van der Waals surface area contributed by atoms with Gasteiger partial charge < -0.3 is 10.2 Å². The summed E-state index contributed by atoms with van der Waals surface area (Å²) in [6, 6.07) is 8.56. The van der Waals surface area contributed by atoms with E-state index in [1.807, 2.05) is 31.2 Å². The van der Waals surface area contributed by atoms with Gasteiger partial charge in [0.2, 0.25) is 0 Å². The molecule has 0 radical (unpaired) electrons. The summed E-state index contributed by atoms with van der Waals surface area (Å²) in [4.78, 5) is 14.5. The fourth-order valence-corrected chi connectivity index (χ4v) is 3.38. The molecule has 3 heteroatoms. The highest BCUT2D eigenvalue weighted by molar-refractivity contribution is 5.94. The van der Waals surface area contributed by atoms with Crippen LogP contribution in [0, 0.1) is 6.92 Å². The maximum atomic E-state index is 12.0. The second-order valence-electron chi connectivity index (χ2n) is 6.96. The summed E-state index contributed by atoms with van der Waals surface area (Å²) in [6.07, 6.45) is 10.5. The molecule has 3 nitrogen and oxygen atoms in total. The number of rotatable bonds is 8. The average Bonchev–Trinajstić information content (AvgIpc) is 2.59. The van der Waals surface area contributed by atoms with Gasteiger partial charge in [-0.2, -0.15) is 0 Å². The summed E-state index contributed by atoms with van der Waals surface area (Å²) in [7, 11) is 2.27. The fourth-order valence-electron chi connectivity index (χ4n) is 3.38. The van der Waals surface area contributed by atoms with E-state index in [4.69, 9.17) is 0 Å². The average molecular weight is 316 g/mol. The lowest BCUT2D eigenvalue weighted by Gasteiger charge is -2.31. The highest BCUT2D eigenvalue weighted by Crippen LogP contribution is 2.21. The number of carbonyl (C=O) groups excluding carboxylic acids is 1. The van der Waals surface area contributed by atoms with Crippen LogP contribution in [0.1, 0.15) is 67.3 Å². The topological polar surface area (TPSA) is 32.3 Å². The molecule has 1 aromatic rings. The Labute approximate surface area is 141 Å². The van der Waals surface area contributed by atoms with E-state index in [1.165, 1.54) is 57.1 Å². The minimum absolute atomic E-state index is 0.0457. The van der Waals surface area contributed by atoms with Gasteiger partial charge in [0.25, 0.3) is 5.91 Å². The Bertz CT molecular complexity index is 463. The third-order valence-electron chi connectivity index (χ3n) is 4.98. The van der Waals surface area contributed by atoms with Crippen molar-refractivity contribution >= 4 is 5.91 Å². The number of amides is 1. The molecule has 1 aliphatic rings. The first-order chi connectivity index (χ1) is 11.2. The molecular formula is C20H32N2O. The molecule has 128 valence electrons. The van der Waals surface area contributed by atoms with Crippen LogP contribution in [0.25, 0.3) is 0 Å². The van der Waals surface area contributed by atoms with Crippen LogP contribution in [0.2, 0.25) is 0 Å². The summed E-state index contributed by atoms with van der Waals surface area (Å²) in [5, 5.41) is 3.02. The van der Waals surface area contributed by atoms with Crippen molar-refractivity contribution < 1.29 is 4.79 Å². The van der Waals surface area contributed by atoms with Gasteiger partial charge in [-0.1, -0.05) is 43.4 Å². The Morgan fingerprint density at radius 2 is 1.78 bits per heavy atom. The van der Waals surface area contributed by atoms with E-state index in [9.17, 15) is 4.79 Å². The molecule has 1 aliphatic carbocycles. The van der Waals surface area contributed by atoms with Crippen molar-refractivity contribution in [3.63, 3.8) is 0 Å². The first-order valence-electron chi connectivity index (χ1n) is 9.22. The summed E-state index contributed by atoms with van der Waals surface area (Å²) in [5.41, 5.74) is 1.94. The molecular weight excluding hydrogens is 284 g/mol. The van der Waals surface area contributed by atoms with Gasteiger partial charge in [0.1, 0.15) is 0 Å². The molecule has 23 heavy (non-hydrogen) atoms. The molecule has 0 aliphatic heterocycles. The summed E-state index contributed by atoms with van der Waals surface area (Å²) in [6.45, 7) is 4.00. The fraction of sp³-hybridized carbons (Fsp3) is 0.650. The van der Waals surface area contributed by atoms with Crippen LogP contribution < -0.4 is 5.32 Å². The van der Waals surface area contributed by atoms with Crippen LogP contribution in [0.3, 0.4) is 0 Å². The van der Waals surface area contributed by atoms with Crippen molar-refractivity contribution in [1.29, 1.82) is 0 Å². The highest BCUT2D eigenvalue weighted by Gasteiger charge is 2.17. The van der Waals surface area contributed by atoms with Crippen LogP contribution >= 0.6 is 0 Å². The second kappa shape index (κ2) is 9.71. The van der Waals surface area contributed by atoms with Crippen LogP contribution in [-0.4, -0.2) is 37.0 Å².